The maximum Gasteiger partial charge on any atom is 0.328 e. The van der Waals surface area contributed by atoms with E-state index >= 15 is 0 Å². The minimum absolute atomic E-state index is 0.357. The first-order chi connectivity index (χ1) is 10.6. The van der Waals surface area contributed by atoms with E-state index in [0.29, 0.717) is 6.42 Å². The lowest BCUT2D eigenvalue weighted by Crippen LogP contribution is -2.57. The van der Waals surface area contributed by atoms with Crippen LogP contribution in [0.1, 0.15) is 26.7 Å². The summed E-state index contributed by atoms with van der Waals surface area (Å²) in [5.74, 6) is -4.66. The Hall–Kier alpha value is -2.20. The summed E-state index contributed by atoms with van der Waals surface area (Å²) >= 11 is 0. The second kappa shape index (κ2) is 9.74. The zero-order chi connectivity index (χ0) is 18.2. The minimum atomic E-state index is -1.50. The summed E-state index contributed by atoms with van der Waals surface area (Å²) in [5, 5.41) is 30.8. The Bertz CT molecular complexity index is 455. The first kappa shape index (κ1) is 20.8. The molecule has 7 N–H and O–H groups in total. The molecule has 132 valence electrons. The van der Waals surface area contributed by atoms with Crippen molar-refractivity contribution in [3.8, 4) is 0 Å². The number of rotatable bonds is 10. The zero-order valence-electron chi connectivity index (χ0n) is 13.0. The highest BCUT2D eigenvalue weighted by Crippen LogP contribution is 2.09. The Morgan fingerprint density at radius 2 is 1.65 bits per heavy atom. The number of amides is 2. The number of carbonyl (C=O) groups is 4. The number of nitrogens with two attached hydrogens (primary N) is 1. The van der Waals surface area contributed by atoms with E-state index in [1.54, 1.807) is 13.8 Å². The molecule has 4 atom stereocenters. The predicted molar refractivity (Wildman–Crippen MR) is 78.3 cm³/mol. The van der Waals surface area contributed by atoms with Crippen LogP contribution in [0.3, 0.4) is 0 Å². The van der Waals surface area contributed by atoms with Gasteiger partial charge in [-0.2, -0.15) is 0 Å². The van der Waals surface area contributed by atoms with Gasteiger partial charge in [0.15, 0.2) is 0 Å². The normalized spacial score (nSPS) is 15.8. The Kier molecular flexibility index (Phi) is 8.81. The summed E-state index contributed by atoms with van der Waals surface area (Å²) in [4.78, 5) is 45.4. The van der Waals surface area contributed by atoms with E-state index in [-0.39, 0.29) is 5.92 Å². The fourth-order valence-corrected chi connectivity index (χ4v) is 1.69. The highest BCUT2D eigenvalue weighted by atomic mass is 16.4. The van der Waals surface area contributed by atoms with Gasteiger partial charge in [-0.15, -0.1) is 0 Å². The molecule has 10 nitrogen and oxygen atoms in total. The monoisotopic (exact) mass is 333 g/mol. The molecule has 0 bridgehead atoms. The largest absolute Gasteiger partial charge is 0.481 e. The summed E-state index contributed by atoms with van der Waals surface area (Å²) in [5.41, 5.74) is 5.43. The fourth-order valence-electron chi connectivity index (χ4n) is 1.69. The number of carboxylic acid groups (broad SMARTS) is 2. The standard InChI is InChI=1S/C13H23N3O7/c1-3-6(2)10(12(21)15-8(5-17)13(22)23)16-11(20)7(14)4-9(18)19/h6-8,10,17H,3-5,14H2,1-2H3,(H,15,21)(H,16,20)(H,18,19)(H,22,23). The molecule has 0 heterocycles. The van der Waals surface area contributed by atoms with E-state index in [4.69, 9.17) is 21.1 Å². The van der Waals surface area contributed by atoms with Gasteiger partial charge >= 0.3 is 11.9 Å². The van der Waals surface area contributed by atoms with Crippen molar-refractivity contribution in [1.29, 1.82) is 0 Å². The molecule has 0 saturated carbocycles. The van der Waals surface area contributed by atoms with Crippen molar-refractivity contribution in [3.63, 3.8) is 0 Å². The van der Waals surface area contributed by atoms with Crippen LogP contribution in [0, 0.1) is 5.92 Å². The van der Waals surface area contributed by atoms with Crippen molar-refractivity contribution in [2.45, 2.75) is 44.8 Å². The van der Waals surface area contributed by atoms with E-state index in [1.807, 2.05) is 0 Å². The molecule has 0 aliphatic rings. The quantitative estimate of drug-likeness (QED) is 0.262. The van der Waals surface area contributed by atoms with Crippen molar-refractivity contribution in [1.82, 2.24) is 10.6 Å². The van der Waals surface area contributed by atoms with Gasteiger partial charge in [0.2, 0.25) is 11.8 Å². The third kappa shape index (κ3) is 7.06. The van der Waals surface area contributed by atoms with Crippen LogP contribution >= 0.6 is 0 Å². The van der Waals surface area contributed by atoms with Crippen LogP contribution in [-0.2, 0) is 19.2 Å². The molecule has 0 rings (SSSR count). The van der Waals surface area contributed by atoms with E-state index in [0.717, 1.165) is 0 Å². The molecular formula is C13H23N3O7. The van der Waals surface area contributed by atoms with Crippen LogP contribution in [0.5, 0.6) is 0 Å². The summed E-state index contributed by atoms with van der Waals surface area (Å²) in [7, 11) is 0. The zero-order valence-corrected chi connectivity index (χ0v) is 13.0. The van der Waals surface area contributed by atoms with Crippen molar-refractivity contribution in [3.05, 3.63) is 0 Å². The number of hydrogen-bond donors (Lipinski definition) is 6. The number of carbonyl (C=O) groups excluding carboxylic acids is 2. The predicted octanol–water partition coefficient (Wildman–Crippen LogP) is -2.12. The summed E-state index contributed by atoms with van der Waals surface area (Å²) in [6, 6.07) is -3.93. The summed E-state index contributed by atoms with van der Waals surface area (Å²) in [6.45, 7) is 2.61. The molecule has 10 heteroatoms. The average molecular weight is 333 g/mol. The van der Waals surface area contributed by atoms with Crippen molar-refractivity contribution >= 4 is 23.8 Å². The number of aliphatic hydroxyl groups excluding tert-OH is 1. The van der Waals surface area contributed by atoms with Gasteiger partial charge in [-0.1, -0.05) is 20.3 Å². The smallest absolute Gasteiger partial charge is 0.328 e. The molecule has 0 aromatic heterocycles. The molecule has 2 amide bonds. The molecule has 0 aromatic rings. The van der Waals surface area contributed by atoms with E-state index in [1.165, 1.54) is 0 Å². The number of hydrogen-bond acceptors (Lipinski definition) is 6. The maximum atomic E-state index is 12.1. The number of aliphatic carboxylic acids is 2. The Morgan fingerprint density at radius 1 is 1.09 bits per heavy atom. The van der Waals surface area contributed by atoms with Crippen molar-refractivity contribution in [2.24, 2.45) is 11.7 Å². The van der Waals surface area contributed by atoms with Crippen LogP contribution in [0.25, 0.3) is 0 Å². The van der Waals surface area contributed by atoms with Crippen LogP contribution in [0.2, 0.25) is 0 Å². The first-order valence-electron chi connectivity index (χ1n) is 7.05. The van der Waals surface area contributed by atoms with Crippen LogP contribution in [-0.4, -0.2) is 63.8 Å². The minimum Gasteiger partial charge on any atom is -0.481 e. The lowest BCUT2D eigenvalue weighted by Gasteiger charge is -2.26. The lowest BCUT2D eigenvalue weighted by molar-refractivity contribution is -0.144. The van der Waals surface area contributed by atoms with Gasteiger partial charge in [-0.3, -0.25) is 14.4 Å². The first-order valence-corrected chi connectivity index (χ1v) is 7.05. The molecule has 0 aliphatic heterocycles. The van der Waals surface area contributed by atoms with Crippen molar-refractivity contribution < 1.29 is 34.5 Å². The SMILES string of the molecule is CCC(C)C(NC(=O)C(N)CC(=O)O)C(=O)NC(CO)C(=O)O. The van der Waals surface area contributed by atoms with Crippen LogP contribution in [0.15, 0.2) is 0 Å². The molecule has 0 radical (unpaired) electrons. The van der Waals surface area contributed by atoms with Crippen LogP contribution in [0.4, 0.5) is 0 Å². The number of nitrogens with one attached hydrogen (secondary N) is 2. The van der Waals surface area contributed by atoms with Crippen LogP contribution < -0.4 is 16.4 Å². The highest BCUT2D eigenvalue weighted by molar-refractivity contribution is 5.93. The molecule has 0 aromatic carbocycles. The molecular weight excluding hydrogens is 310 g/mol. The summed E-state index contributed by atoms with van der Waals surface area (Å²) in [6.07, 6.45) is -0.113. The number of aliphatic hydroxyl groups is 1. The molecule has 0 aliphatic carbocycles. The molecule has 4 unspecified atom stereocenters. The van der Waals surface area contributed by atoms with E-state index < -0.39 is 54.9 Å². The van der Waals surface area contributed by atoms with Gasteiger partial charge in [0.05, 0.1) is 19.1 Å². The Balaban J connectivity index is 5.00. The summed E-state index contributed by atoms with van der Waals surface area (Å²) < 4.78 is 0. The molecule has 0 spiro atoms. The van der Waals surface area contributed by atoms with Gasteiger partial charge in [0, 0.05) is 0 Å². The Labute approximate surface area is 133 Å². The second-order valence-corrected chi connectivity index (χ2v) is 5.16. The number of carboxylic acids is 2. The van der Waals surface area contributed by atoms with Gasteiger partial charge in [0.25, 0.3) is 0 Å². The van der Waals surface area contributed by atoms with E-state index in [2.05, 4.69) is 10.6 Å². The second-order valence-electron chi connectivity index (χ2n) is 5.16. The third-order valence-corrected chi connectivity index (χ3v) is 3.32. The van der Waals surface area contributed by atoms with Crippen molar-refractivity contribution in [2.75, 3.05) is 6.61 Å². The van der Waals surface area contributed by atoms with Gasteiger partial charge in [-0.05, 0) is 5.92 Å². The topological polar surface area (TPSA) is 179 Å². The molecule has 0 saturated heterocycles. The fraction of sp³-hybridized carbons (Fsp3) is 0.692. The highest BCUT2D eigenvalue weighted by Gasteiger charge is 2.31. The Morgan fingerprint density at radius 3 is 2.04 bits per heavy atom. The lowest BCUT2D eigenvalue weighted by atomic mass is 9.97. The van der Waals surface area contributed by atoms with Gasteiger partial charge in [-0.25, -0.2) is 4.79 Å². The molecule has 0 fully saturated rings. The van der Waals surface area contributed by atoms with Gasteiger partial charge in [0.1, 0.15) is 12.1 Å². The molecule has 23 heavy (non-hydrogen) atoms. The van der Waals surface area contributed by atoms with Gasteiger partial charge < -0.3 is 31.7 Å². The maximum absolute atomic E-state index is 12.1. The average Bonchev–Trinajstić information content (AvgIpc) is 2.47. The van der Waals surface area contributed by atoms with E-state index in [9.17, 15) is 19.2 Å². The third-order valence-electron chi connectivity index (χ3n) is 3.32.